The van der Waals surface area contributed by atoms with E-state index in [-0.39, 0.29) is 12.5 Å². The van der Waals surface area contributed by atoms with Crippen LogP contribution in [0.2, 0.25) is 0 Å². The average molecular weight is 344 g/mol. The third-order valence-electron chi connectivity index (χ3n) is 2.75. The van der Waals surface area contributed by atoms with E-state index in [1.807, 2.05) is 23.7 Å². The smallest absolute Gasteiger partial charge is 0.408 e. The minimum Gasteiger partial charge on any atom is -0.445 e. The fraction of sp³-hybridized carbons (Fsp3) is 0.429. The van der Waals surface area contributed by atoms with Gasteiger partial charge in [-0.2, -0.15) is 4.62 Å². The molecule has 0 aromatic heterocycles. The van der Waals surface area contributed by atoms with Gasteiger partial charge in [0.15, 0.2) is 0 Å². The molecule has 1 aromatic rings. The van der Waals surface area contributed by atoms with Crippen molar-refractivity contribution in [3.63, 3.8) is 0 Å². The molecule has 0 saturated heterocycles. The summed E-state index contributed by atoms with van der Waals surface area (Å²) in [6.45, 7) is 4.40. The number of hydrogen-bond donors (Lipinski definition) is 3. The fourth-order valence-corrected chi connectivity index (χ4v) is 1.88. The van der Waals surface area contributed by atoms with Gasteiger partial charge in [0, 0.05) is 6.66 Å². The summed E-state index contributed by atoms with van der Waals surface area (Å²) in [5.41, 5.74) is 2.67. The van der Waals surface area contributed by atoms with Gasteiger partial charge in [-0.3, -0.25) is 9.36 Å². The Morgan fingerprint density at radius 1 is 1.26 bits per heavy atom. The Morgan fingerprint density at radius 2 is 1.87 bits per heavy atom. The summed E-state index contributed by atoms with van der Waals surface area (Å²) < 4.78 is 20.4. The van der Waals surface area contributed by atoms with Crippen molar-refractivity contribution in [2.75, 3.05) is 6.66 Å². The molecule has 1 aromatic carbocycles. The minimum atomic E-state index is -3.85. The van der Waals surface area contributed by atoms with E-state index >= 15 is 0 Å². The Balaban J connectivity index is 2.52. The number of alkyl carbamates (subject to hydrolysis) is 1. The molecule has 0 saturated carbocycles. The maximum absolute atomic E-state index is 11.9. The van der Waals surface area contributed by atoms with E-state index < -0.39 is 25.6 Å². The summed E-state index contributed by atoms with van der Waals surface area (Å²) in [6, 6.07) is 8.11. The summed E-state index contributed by atoms with van der Waals surface area (Å²) in [6.07, 6.45) is -0.772. The molecule has 1 rings (SSSR count). The van der Waals surface area contributed by atoms with Crippen LogP contribution >= 0.6 is 7.60 Å². The standard InChI is InChI=1S/C14H21N2O6P/c1-10(2)12(13(17)16-22-23(3,19)20)15-14(18)21-9-11-7-5-4-6-8-11/h4-8,10,12H,9H2,1-3H3,(H,15,18)(H,16,17)(H,19,20)/t12-/m0/s1. The van der Waals surface area contributed by atoms with Crippen LogP contribution in [-0.4, -0.2) is 29.6 Å². The Kier molecular flexibility index (Phi) is 7.22. The zero-order valence-corrected chi connectivity index (χ0v) is 14.1. The predicted octanol–water partition coefficient (Wildman–Crippen LogP) is 1.80. The van der Waals surface area contributed by atoms with Crippen molar-refractivity contribution in [1.29, 1.82) is 0 Å². The fourth-order valence-electron chi connectivity index (χ4n) is 1.62. The van der Waals surface area contributed by atoms with Crippen LogP contribution in [0.15, 0.2) is 30.3 Å². The monoisotopic (exact) mass is 344 g/mol. The van der Waals surface area contributed by atoms with Crippen molar-refractivity contribution in [3.8, 4) is 0 Å². The van der Waals surface area contributed by atoms with Crippen molar-refractivity contribution < 1.29 is 28.4 Å². The zero-order valence-electron chi connectivity index (χ0n) is 13.2. The van der Waals surface area contributed by atoms with Crippen LogP contribution in [-0.2, 0) is 25.3 Å². The highest BCUT2D eigenvalue weighted by molar-refractivity contribution is 7.51. The van der Waals surface area contributed by atoms with Gasteiger partial charge in [-0.15, -0.1) is 0 Å². The van der Waals surface area contributed by atoms with E-state index in [1.165, 1.54) is 0 Å². The van der Waals surface area contributed by atoms with E-state index in [9.17, 15) is 14.2 Å². The number of nitrogens with one attached hydrogen (secondary N) is 2. The maximum atomic E-state index is 11.9. The molecule has 0 bridgehead atoms. The molecule has 0 aliphatic heterocycles. The van der Waals surface area contributed by atoms with E-state index in [2.05, 4.69) is 9.94 Å². The first kappa shape index (κ1) is 19.2. The van der Waals surface area contributed by atoms with Gasteiger partial charge in [-0.05, 0) is 11.5 Å². The first-order valence-corrected chi connectivity index (χ1v) is 8.97. The molecular weight excluding hydrogens is 323 g/mol. The molecule has 0 fully saturated rings. The molecule has 0 radical (unpaired) electrons. The molecule has 9 heteroatoms. The Hall–Kier alpha value is -1.89. The third-order valence-corrected chi connectivity index (χ3v) is 3.18. The molecule has 0 heterocycles. The first-order valence-electron chi connectivity index (χ1n) is 6.95. The number of carbonyl (C=O) groups is 2. The van der Waals surface area contributed by atoms with Crippen LogP contribution in [0.5, 0.6) is 0 Å². The second-order valence-electron chi connectivity index (χ2n) is 5.29. The SMILES string of the molecule is CC(C)[C@H](NC(=O)OCc1ccccc1)C(=O)NOP(C)(=O)O. The van der Waals surface area contributed by atoms with Gasteiger partial charge >= 0.3 is 13.7 Å². The first-order chi connectivity index (χ1) is 10.7. The second-order valence-corrected chi connectivity index (χ2v) is 7.08. The maximum Gasteiger partial charge on any atom is 0.408 e. The van der Waals surface area contributed by atoms with E-state index in [0.717, 1.165) is 12.2 Å². The number of rotatable bonds is 7. The van der Waals surface area contributed by atoms with E-state index in [0.29, 0.717) is 0 Å². The highest BCUT2D eigenvalue weighted by Crippen LogP contribution is 2.34. The van der Waals surface area contributed by atoms with Gasteiger partial charge in [0.25, 0.3) is 5.91 Å². The lowest BCUT2D eigenvalue weighted by Crippen LogP contribution is -2.49. The van der Waals surface area contributed by atoms with Gasteiger partial charge < -0.3 is 14.9 Å². The summed E-state index contributed by atoms with van der Waals surface area (Å²) >= 11 is 0. The molecule has 2 atom stereocenters. The molecule has 0 aliphatic carbocycles. The Morgan fingerprint density at radius 3 is 2.39 bits per heavy atom. The highest BCUT2D eigenvalue weighted by Gasteiger charge is 2.26. The molecule has 23 heavy (non-hydrogen) atoms. The lowest BCUT2D eigenvalue weighted by molar-refractivity contribution is -0.131. The summed E-state index contributed by atoms with van der Waals surface area (Å²) in [5, 5.41) is 2.40. The average Bonchev–Trinajstić information content (AvgIpc) is 2.48. The van der Waals surface area contributed by atoms with Crippen molar-refractivity contribution >= 4 is 19.6 Å². The summed E-state index contributed by atoms with van der Waals surface area (Å²) in [7, 11) is -3.85. The van der Waals surface area contributed by atoms with Gasteiger partial charge in [0.05, 0.1) is 0 Å². The molecule has 2 amide bonds. The molecule has 3 N–H and O–H groups in total. The third kappa shape index (κ3) is 7.78. The lowest BCUT2D eigenvalue weighted by atomic mass is 10.0. The molecule has 128 valence electrons. The summed E-state index contributed by atoms with van der Waals surface area (Å²) in [5.74, 6) is -1.02. The predicted molar refractivity (Wildman–Crippen MR) is 83.4 cm³/mol. The second kappa shape index (κ2) is 8.67. The van der Waals surface area contributed by atoms with Crippen molar-refractivity contribution in [2.45, 2.75) is 26.5 Å². The van der Waals surface area contributed by atoms with Crippen molar-refractivity contribution in [1.82, 2.24) is 10.8 Å². The zero-order chi connectivity index (χ0) is 17.5. The number of ether oxygens (including phenoxy) is 1. The largest absolute Gasteiger partial charge is 0.445 e. The van der Waals surface area contributed by atoms with E-state index in [1.54, 1.807) is 26.0 Å². The molecular formula is C14H21N2O6P. The summed E-state index contributed by atoms with van der Waals surface area (Å²) in [4.78, 5) is 32.7. The van der Waals surface area contributed by atoms with Gasteiger partial charge in [0.2, 0.25) is 0 Å². The Bertz CT molecular complexity index is 572. The van der Waals surface area contributed by atoms with E-state index in [4.69, 9.17) is 9.63 Å². The topological polar surface area (TPSA) is 114 Å². The van der Waals surface area contributed by atoms with Gasteiger partial charge in [-0.25, -0.2) is 10.3 Å². The quantitative estimate of drug-likeness (QED) is 0.513. The molecule has 0 aliphatic rings. The van der Waals surface area contributed by atoms with Crippen LogP contribution in [0.25, 0.3) is 0 Å². The molecule has 0 spiro atoms. The number of hydrogen-bond acceptors (Lipinski definition) is 5. The normalized spacial score (nSPS) is 14.7. The van der Waals surface area contributed by atoms with Crippen LogP contribution in [0.4, 0.5) is 4.79 Å². The van der Waals surface area contributed by atoms with Crippen LogP contribution in [0.3, 0.4) is 0 Å². The van der Waals surface area contributed by atoms with Crippen LogP contribution in [0.1, 0.15) is 19.4 Å². The number of carbonyl (C=O) groups excluding carboxylic acids is 2. The lowest BCUT2D eigenvalue weighted by Gasteiger charge is -2.21. The highest BCUT2D eigenvalue weighted by atomic mass is 31.2. The van der Waals surface area contributed by atoms with Crippen molar-refractivity contribution in [3.05, 3.63) is 35.9 Å². The molecule has 8 nitrogen and oxygen atoms in total. The molecule has 1 unspecified atom stereocenters. The van der Waals surface area contributed by atoms with Crippen LogP contribution in [0, 0.1) is 5.92 Å². The van der Waals surface area contributed by atoms with Crippen LogP contribution < -0.4 is 10.8 Å². The van der Waals surface area contributed by atoms with Gasteiger partial charge in [0.1, 0.15) is 12.6 Å². The Labute approximate surface area is 134 Å². The van der Waals surface area contributed by atoms with Crippen molar-refractivity contribution in [2.24, 2.45) is 5.92 Å². The minimum absolute atomic E-state index is 0.0659. The van der Waals surface area contributed by atoms with Gasteiger partial charge in [-0.1, -0.05) is 44.2 Å². The number of amides is 2. The number of benzene rings is 1. The number of hydroxylamine groups is 1.